The van der Waals surface area contributed by atoms with Gasteiger partial charge in [0.2, 0.25) is 5.95 Å². The first-order chi connectivity index (χ1) is 10.5. The number of aromatic nitrogens is 3. The average Bonchev–Trinajstić information content (AvgIpc) is 2.82. The van der Waals surface area contributed by atoms with Gasteiger partial charge in [0.1, 0.15) is 0 Å². The normalized spacial score (nSPS) is 10.7. The molecule has 0 saturated heterocycles. The molecule has 0 amide bonds. The van der Waals surface area contributed by atoms with Gasteiger partial charge in [-0.3, -0.25) is 0 Å². The van der Waals surface area contributed by atoms with Crippen molar-refractivity contribution in [3.05, 3.63) is 46.7 Å². The minimum absolute atomic E-state index is 0.547. The molecule has 2 heterocycles. The molecule has 3 rings (SSSR count). The summed E-state index contributed by atoms with van der Waals surface area (Å²) in [7, 11) is 0. The third kappa shape index (κ3) is 2.92. The first kappa shape index (κ1) is 14.5. The Morgan fingerprint density at radius 1 is 1.09 bits per heavy atom. The van der Waals surface area contributed by atoms with Gasteiger partial charge in [0.05, 0.1) is 21.3 Å². The van der Waals surface area contributed by atoms with Gasteiger partial charge in [-0.05, 0) is 44.5 Å². The summed E-state index contributed by atoms with van der Waals surface area (Å²) in [5.41, 5.74) is 10.5. The van der Waals surface area contributed by atoms with Crippen molar-refractivity contribution in [2.45, 2.75) is 20.8 Å². The van der Waals surface area contributed by atoms with Crippen LogP contribution in [0, 0.1) is 20.8 Å². The van der Waals surface area contributed by atoms with E-state index in [2.05, 4.69) is 20.3 Å². The highest BCUT2D eigenvalue weighted by molar-refractivity contribution is 7.15. The second-order valence-corrected chi connectivity index (χ2v) is 6.31. The molecule has 0 atom stereocenters. The van der Waals surface area contributed by atoms with Crippen LogP contribution in [0.2, 0.25) is 0 Å². The molecule has 112 valence electrons. The van der Waals surface area contributed by atoms with E-state index in [4.69, 9.17) is 5.73 Å². The molecule has 0 saturated carbocycles. The van der Waals surface area contributed by atoms with E-state index < -0.39 is 0 Å². The topological polar surface area (TPSA) is 76.7 Å². The lowest BCUT2D eigenvalue weighted by atomic mass is 10.2. The number of hydrogen-bond acceptors (Lipinski definition) is 6. The molecular weight excluding hydrogens is 294 g/mol. The lowest BCUT2D eigenvalue weighted by Gasteiger charge is -2.08. The molecule has 2 aromatic heterocycles. The first-order valence-electron chi connectivity index (χ1n) is 6.93. The van der Waals surface area contributed by atoms with Crippen LogP contribution in [-0.4, -0.2) is 15.0 Å². The zero-order valence-corrected chi connectivity index (χ0v) is 13.5. The number of benzene rings is 1. The Morgan fingerprint density at radius 2 is 1.91 bits per heavy atom. The van der Waals surface area contributed by atoms with Crippen molar-refractivity contribution in [3.8, 4) is 10.6 Å². The van der Waals surface area contributed by atoms with Crippen molar-refractivity contribution in [1.29, 1.82) is 0 Å². The molecule has 5 nitrogen and oxygen atoms in total. The van der Waals surface area contributed by atoms with Crippen LogP contribution in [0.15, 0.2) is 30.5 Å². The predicted octanol–water partition coefficient (Wildman–Crippen LogP) is 3.85. The second-order valence-electron chi connectivity index (χ2n) is 5.11. The summed E-state index contributed by atoms with van der Waals surface area (Å²) >= 11 is 1.64. The highest BCUT2D eigenvalue weighted by Gasteiger charge is 2.10. The van der Waals surface area contributed by atoms with Crippen molar-refractivity contribution in [2.75, 3.05) is 11.1 Å². The van der Waals surface area contributed by atoms with Crippen LogP contribution in [0.1, 0.15) is 16.3 Å². The molecule has 6 heteroatoms. The van der Waals surface area contributed by atoms with E-state index in [1.165, 1.54) is 0 Å². The average molecular weight is 311 g/mol. The van der Waals surface area contributed by atoms with Crippen molar-refractivity contribution in [1.82, 2.24) is 15.0 Å². The largest absolute Gasteiger partial charge is 0.398 e. The van der Waals surface area contributed by atoms with E-state index in [9.17, 15) is 0 Å². The molecule has 0 bridgehead atoms. The summed E-state index contributed by atoms with van der Waals surface area (Å²) in [5, 5.41) is 4.22. The zero-order valence-electron chi connectivity index (χ0n) is 12.7. The molecule has 3 N–H and O–H groups in total. The standard InChI is InChI=1S/C16H17N5S/c1-9-4-5-12(8-13(9)17)20-16-18-7-6-14(21-16)15-10(2)19-11(3)22-15/h4-8H,17H2,1-3H3,(H,18,20,21). The van der Waals surface area contributed by atoms with Crippen LogP contribution in [-0.2, 0) is 0 Å². The maximum atomic E-state index is 5.93. The number of hydrogen-bond donors (Lipinski definition) is 2. The zero-order chi connectivity index (χ0) is 15.7. The Balaban J connectivity index is 1.91. The van der Waals surface area contributed by atoms with Gasteiger partial charge in [0, 0.05) is 17.6 Å². The summed E-state index contributed by atoms with van der Waals surface area (Å²) in [6, 6.07) is 7.71. The van der Waals surface area contributed by atoms with Crippen molar-refractivity contribution in [2.24, 2.45) is 0 Å². The maximum Gasteiger partial charge on any atom is 0.227 e. The van der Waals surface area contributed by atoms with Gasteiger partial charge in [0.25, 0.3) is 0 Å². The number of aryl methyl sites for hydroxylation is 3. The lowest BCUT2D eigenvalue weighted by molar-refractivity contribution is 1.16. The summed E-state index contributed by atoms with van der Waals surface area (Å²) in [6.07, 6.45) is 1.75. The van der Waals surface area contributed by atoms with Gasteiger partial charge in [-0.1, -0.05) is 6.07 Å². The van der Waals surface area contributed by atoms with Gasteiger partial charge >= 0.3 is 0 Å². The third-order valence-corrected chi connectivity index (χ3v) is 4.42. The molecule has 0 aliphatic carbocycles. The molecule has 0 spiro atoms. The van der Waals surface area contributed by atoms with Crippen LogP contribution in [0.5, 0.6) is 0 Å². The second kappa shape index (κ2) is 5.73. The Kier molecular flexibility index (Phi) is 3.77. The molecule has 1 aromatic carbocycles. The fourth-order valence-electron chi connectivity index (χ4n) is 2.16. The Morgan fingerprint density at radius 3 is 2.59 bits per heavy atom. The van der Waals surface area contributed by atoms with Gasteiger partial charge in [0.15, 0.2) is 0 Å². The van der Waals surface area contributed by atoms with Crippen molar-refractivity contribution in [3.63, 3.8) is 0 Å². The van der Waals surface area contributed by atoms with Crippen LogP contribution < -0.4 is 11.1 Å². The fourth-order valence-corrected chi connectivity index (χ4v) is 3.05. The Hall–Kier alpha value is -2.47. The molecule has 0 aliphatic rings. The number of nitrogen functional groups attached to an aromatic ring is 1. The van der Waals surface area contributed by atoms with E-state index in [1.54, 1.807) is 17.5 Å². The number of nitrogens with one attached hydrogen (secondary N) is 1. The van der Waals surface area contributed by atoms with Crippen molar-refractivity contribution >= 4 is 28.7 Å². The first-order valence-corrected chi connectivity index (χ1v) is 7.75. The van der Waals surface area contributed by atoms with Gasteiger partial charge in [-0.25, -0.2) is 15.0 Å². The monoisotopic (exact) mass is 311 g/mol. The van der Waals surface area contributed by atoms with E-state index in [1.807, 2.05) is 45.0 Å². The third-order valence-electron chi connectivity index (χ3n) is 3.33. The highest BCUT2D eigenvalue weighted by Crippen LogP contribution is 2.29. The number of rotatable bonds is 3. The number of anilines is 3. The highest BCUT2D eigenvalue weighted by atomic mass is 32.1. The fraction of sp³-hybridized carbons (Fsp3) is 0.188. The summed E-state index contributed by atoms with van der Waals surface area (Å²) in [5.74, 6) is 0.547. The number of thiazole rings is 1. The van der Waals surface area contributed by atoms with Crippen LogP contribution >= 0.6 is 11.3 Å². The minimum atomic E-state index is 0.547. The minimum Gasteiger partial charge on any atom is -0.398 e. The SMILES string of the molecule is Cc1nc(C)c(-c2ccnc(Nc3ccc(C)c(N)c3)n2)s1. The van der Waals surface area contributed by atoms with E-state index in [-0.39, 0.29) is 0 Å². The smallest absolute Gasteiger partial charge is 0.227 e. The van der Waals surface area contributed by atoms with Crippen molar-refractivity contribution < 1.29 is 0 Å². The predicted molar refractivity (Wildman–Crippen MR) is 91.5 cm³/mol. The van der Waals surface area contributed by atoms with E-state index >= 15 is 0 Å². The molecule has 0 radical (unpaired) electrons. The molecule has 22 heavy (non-hydrogen) atoms. The van der Waals surface area contributed by atoms with E-state index in [0.29, 0.717) is 5.95 Å². The molecule has 3 aromatic rings. The van der Waals surface area contributed by atoms with Crippen LogP contribution in [0.25, 0.3) is 10.6 Å². The molecular formula is C16H17N5S. The summed E-state index contributed by atoms with van der Waals surface area (Å²) < 4.78 is 0. The van der Waals surface area contributed by atoms with Gasteiger partial charge in [-0.15, -0.1) is 11.3 Å². The van der Waals surface area contributed by atoms with Gasteiger partial charge in [-0.2, -0.15) is 0 Å². The Bertz CT molecular complexity index is 825. The molecule has 0 unspecified atom stereocenters. The summed E-state index contributed by atoms with van der Waals surface area (Å²) in [4.78, 5) is 14.4. The number of nitrogens with two attached hydrogens (primary N) is 1. The van der Waals surface area contributed by atoms with Gasteiger partial charge < -0.3 is 11.1 Å². The molecule has 0 fully saturated rings. The lowest BCUT2D eigenvalue weighted by Crippen LogP contribution is -1.99. The number of nitrogens with zero attached hydrogens (tertiary/aromatic N) is 3. The van der Waals surface area contributed by atoms with Crippen LogP contribution in [0.4, 0.5) is 17.3 Å². The Labute approximate surface area is 133 Å². The quantitative estimate of drug-likeness (QED) is 0.718. The maximum absolute atomic E-state index is 5.93. The summed E-state index contributed by atoms with van der Waals surface area (Å²) in [6.45, 7) is 5.97. The van der Waals surface area contributed by atoms with E-state index in [0.717, 1.165) is 38.2 Å². The molecule has 0 aliphatic heterocycles. The van der Waals surface area contributed by atoms with Crippen LogP contribution in [0.3, 0.4) is 0 Å².